The molecule has 0 aliphatic heterocycles. The summed E-state index contributed by atoms with van der Waals surface area (Å²) in [6.07, 6.45) is 7.80. The Morgan fingerprint density at radius 1 is 1.00 bits per heavy atom. The molecule has 0 bridgehead atoms. The van der Waals surface area contributed by atoms with Crippen LogP contribution in [0.15, 0.2) is 61.2 Å². The molecular formula is C23H32O3SSi. The van der Waals surface area contributed by atoms with Gasteiger partial charge in [0.05, 0.1) is 9.52 Å². The number of hydrogen-bond donors (Lipinski definition) is 1. The molecule has 2 aromatic carbocycles. The van der Waals surface area contributed by atoms with Crippen LogP contribution in [-0.2, 0) is 27.3 Å². The van der Waals surface area contributed by atoms with Gasteiger partial charge in [-0.3, -0.25) is 4.55 Å². The van der Waals surface area contributed by atoms with Gasteiger partial charge in [0.25, 0.3) is 10.1 Å². The zero-order chi connectivity index (χ0) is 20.6. The lowest BCUT2D eigenvalue weighted by molar-refractivity contribution is 0.470. The third kappa shape index (κ3) is 5.02. The van der Waals surface area contributed by atoms with E-state index < -0.39 is 24.0 Å². The van der Waals surface area contributed by atoms with Crippen molar-refractivity contribution in [3.63, 3.8) is 0 Å². The van der Waals surface area contributed by atoms with E-state index in [1.54, 1.807) is 12.1 Å². The van der Waals surface area contributed by atoms with Crippen molar-refractivity contribution in [2.45, 2.75) is 56.7 Å². The molecule has 0 heterocycles. The van der Waals surface area contributed by atoms with E-state index in [2.05, 4.69) is 32.6 Å². The van der Waals surface area contributed by atoms with Crippen molar-refractivity contribution in [2.24, 2.45) is 0 Å². The predicted molar refractivity (Wildman–Crippen MR) is 122 cm³/mol. The summed E-state index contributed by atoms with van der Waals surface area (Å²) in [6.45, 7) is 8.18. The van der Waals surface area contributed by atoms with Crippen molar-refractivity contribution < 1.29 is 13.0 Å². The smallest absolute Gasteiger partial charge is 0.275 e. The number of rotatable bonds is 11. The van der Waals surface area contributed by atoms with E-state index in [0.717, 1.165) is 43.7 Å². The van der Waals surface area contributed by atoms with Crippen LogP contribution in [-0.4, -0.2) is 22.5 Å². The Morgan fingerprint density at radius 3 is 2.21 bits per heavy atom. The lowest BCUT2D eigenvalue weighted by atomic mass is 9.98. The largest absolute Gasteiger partial charge is 0.285 e. The summed E-state index contributed by atoms with van der Waals surface area (Å²) in [7, 11) is -5.82. The van der Waals surface area contributed by atoms with Gasteiger partial charge in [-0.05, 0) is 42.4 Å². The third-order valence-electron chi connectivity index (χ3n) is 5.46. The highest BCUT2D eigenvalue weighted by molar-refractivity contribution is 7.88. The Labute approximate surface area is 172 Å². The molecule has 5 heteroatoms. The molecular weight excluding hydrogens is 384 g/mol. The first-order chi connectivity index (χ1) is 13.4. The van der Waals surface area contributed by atoms with E-state index in [1.165, 1.54) is 17.2 Å². The van der Waals surface area contributed by atoms with Crippen LogP contribution in [0.25, 0.3) is 0 Å². The van der Waals surface area contributed by atoms with Gasteiger partial charge in [-0.15, -0.1) is 6.58 Å². The fourth-order valence-corrected chi connectivity index (χ4v) is 7.63. The molecule has 2 aromatic rings. The molecule has 0 fully saturated rings. The normalized spacial score (nSPS) is 14.2. The number of hydrogen-bond acceptors (Lipinski definition) is 2. The van der Waals surface area contributed by atoms with Crippen molar-refractivity contribution in [1.29, 1.82) is 0 Å². The first kappa shape index (κ1) is 22.6. The first-order valence-electron chi connectivity index (χ1n) is 10.2. The van der Waals surface area contributed by atoms with Gasteiger partial charge in [0.2, 0.25) is 0 Å². The molecule has 1 unspecified atom stereocenters. The van der Waals surface area contributed by atoms with E-state index in [-0.39, 0.29) is 0 Å². The standard InChI is InChI=1S/C23H32O3SSi/c1-4-7-13-19-14-12-18-22(21(19)17-8-5-2)28-23(6-3,27(24,25)26)20-15-10-9-11-16-20/h6,9-12,14-16,18H,3-5,7-8,13,17,28H2,1-2H3,(H,24,25,26). The van der Waals surface area contributed by atoms with Gasteiger partial charge in [0.15, 0.2) is 0 Å². The quantitative estimate of drug-likeness (QED) is 0.341. The first-order valence-corrected chi connectivity index (χ1v) is 13.0. The fraction of sp³-hybridized carbons (Fsp3) is 0.391. The highest BCUT2D eigenvalue weighted by Gasteiger charge is 2.42. The molecule has 0 aliphatic carbocycles. The molecule has 28 heavy (non-hydrogen) atoms. The maximum atomic E-state index is 12.6. The molecule has 0 aromatic heterocycles. The summed E-state index contributed by atoms with van der Waals surface area (Å²) in [4.78, 5) is 0. The summed E-state index contributed by atoms with van der Waals surface area (Å²) in [5.41, 5.74) is 3.21. The lowest BCUT2D eigenvalue weighted by Crippen LogP contribution is -2.46. The molecule has 1 N–H and O–H groups in total. The van der Waals surface area contributed by atoms with Crippen LogP contribution in [0.3, 0.4) is 0 Å². The zero-order valence-corrected chi connectivity index (χ0v) is 19.3. The van der Waals surface area contributed by atoms with Crippen molar-refractivity contribution >= 4 is 24.8 Å². The molecule has 2 rings (SSSR count). The zero-order valence-electron chi connectivity index (χ0n) is 17.0. The molecule has 0 spiro atoms. The molecule has 0 saturated carbocycles. The summed E-state index contributed by atoms with van der Waals surface area (Å²) in [6, 6.07) is 15.3. The minimum atomic E-state index is -4.35. The highest BCUT2D eigenvalue weighted by Crippen LogP contribution is 2.30. The topological polar surface area (TPSA) is 54.4 Å². The van der Waals surface area contributed by atoms with Gasteiger partial charge < -0.3 is 0 Å². The summed E-state index contributed by atoms with van der Waals surface area (Å²) >= 11 is 0. The van der Waals surface area contributed by atoms with Crippen LogP contribution < -0.4 is 5.19 Å². The average Bonchev–Trinajstić information content (AvgIpc) is 2.69. The van der Waals surface area contributed by atoms with Gasteiger partial charge in [0, 0.05) is 0 Å². The molecule has 1 atom stereocenters. The summed E-state index contributed by atoms with van der Waals surface area (Å²) in [5, 5.41) is 1.11. The molecule has 3 nitrogen and oxygen atoms in total. The second-order valence-electron chi connectivity index (χ2n) is 7.37. The van der Waals surface area contributed by atoms with E-state index in [9.17, 15) is 13.0 Å². The van der Waals surface area contributed by atoms with E-state index >= 15 is 0 Å². The van der Waals surface area contributed by atoms with Crippen LogP contribution in [0.1, 0.15) is 56.2 Å². The maximum absolute atomic E-state index is 12.6. The Bertz CT molecular complexity index is 878. The third-order valence-corrected chi connectivity index (χ3v) is 10.6. The van der Waals surface area contributed by atoms with Crippen LogP contribution in [0, 0.1) is 0 Å². The van der Waals surface area contributed by atoms with E-state index in [4.69, 9.17) is 0 Å². The average molecular weight is 417 g/mol. The van der Waals surface area contributed by atoms with Crippen molar-refractivity contribution in [1.82, 2.24) is 0 Å². The van der Waals surface area contributed by atoms with Crippen molar-refractivity contribution in [3.05, 3.63) is 77.9 Å². The monoisotopic (exact) mass is 416 g/mol. The van der Waals surface area contributed by atoms with Crippen LogP contribution in [0.2, 0.25) is 0 Å². The fourth-order valence-electron chi connectivity index (χ4n) is 3.77. The molecule has 0 aliphatic rings. The van der Waals surface area contributed by atoms with Gasteiger partial charge in [-0.2, -0.15) is 8.42 Å². The van der Waals surface area contributed by atoms with Crippen molar-refractivity contribution in [2.75, 3.05) is 0 Å². The maximum Gasteiger partial charge on any atom is 0.275 e. The minimum Gasteiger partial charge on any atom is -0.285 e. The Hall–Kier alpha value is -1.69. The van der Waals surface area contributed by atoms with E-state index in [0.29, 0.717) is 5.56 Å². The van der Waals surface area contributed by atoms with Crippen LogP contribution >= 0.6 is 0 Å². The lowest BCUT2D eigenvalue weighted by Gasteiger charge is -2.29. The predicted octanol–water partition coefficient (Wildman–Crippen LogP) is 4.09. The Kier molecular flexibility index (Phi) is 8.22. The molecule has 0 radical (unpaired) electrons. The van der Waals surface area contributed by atoms with E-state index in [1.807, 2.05) is 24.3 Å². The Morgan fingerprint density at radius 2 is 1.64 bits per heavy atom. The van der Waals surface area contributed by atoms with Gasteiger partial charge in [-0.25, -0.2) is 0 Å². The highest BCUT2D eigenvalue weighted by atomic mass is 32.2. The second kappa shape index (κ2) is 10.2. The molecule has 0 amide bonds. The minimum absolute atomic E-state index is 0.597. The number of benzene rings is 2. The number of aryl methyl sites for hydroxylation is 1. The van der Waals surface area contributed by atoms with Gasteiger partial charge in [0.1, 0.15) is 4.37 Å². The SMILES string of the molecule is C=CC([SiH2]c1cccc(CCCC)c1CCCC)(c1ccccc1)S(=O)(=O)O. The van der Waals surface area contributed by atoms with Gasteiger partial charge >= 0.3 is 0 Å². The second-order valence-corrected chi connectivity index (χ2v) is 11.8. The molecule has 0 saturated heterocycles. The van der Waals surface area contributed by atoms with Crippen LogP contribution in [0.4, 0.5) is 0 Å². The van der Waals surface area contributed by atoms with Crippen LogP contribution in [0.5, 0.6) is 0 Å². The summed E-state index contributed by atoms with van der Waals surface area (Å²) in [5.74, 6) is 0. The Balaban J connectivity index is 2.59. The molecule has 152 valence electrons. The summed E-state index contributed by atoms with van der Waals surface area (Å²) < 4.78 is 34.0. The van der Waals surface area contributed by atoms with Crippen molar-refractivity contribution in [3.8, 4) is 0 Å². The number of unbranched alkanes of at least 4 members (excludes halogenated alkanes) is 2. The van der Waals surface area contributed by atoms with Gasteiger partial charge in [-0.1, -0.05) is 86.5 Å².